The Bertz CT molecular complexity index is 1050. The minimum Gasteiger partial charge on any atom is -0.351 e. The monoisotopic (exact) mass is 418 g/mol. The highest BCUT2D eigenvalue weighted by molar-refractivity contribution is 6.37. The maximum Gasteiger partial charge on any atom is 0.272 e. The number of hydrogen-bond donors (Lipinski definition) is 2. The number of nitrogens with zero attached hydrogens (tertiary/aromatic N) is 2. The number of pyridine rings is 1. The van der Waals surface area contributed by atoms with Gasteiger partial charge in [-0.2, -0.15) is 0 Å². The van der Waals surface area contributed by atoms with E-state index in [4.69, 9.17) is 23.2 Å². The normalized spacial score (nSPS) is 10.9. The third kappa shape index (κ3) is 4.29. The molecule has 0 unspecified atom stereocenters. The highest BCUT2D eigenvalue weighted by Gasteiger charge is 2.22. The van der Waals surface area contributed by atoms with Crippen LogP contribution < -0.4 is 10.6 Å². The molecular formula is C20H20Cl2N4O2. The largest absolute Gasteiger partial charge is 0.351 e. The van der Waals surface area contributed by atoms with Crippen LogP contribution in [0, 0.1) is 6.92 Å². The number of aryl methyl sites for hydroxylation is 1. The van der Waals surface area contributed by atoms with Crippen LogP contribution in [-0.2, 0) is 0 Å². The van der Waals surface area contributed by atoms with E-state index in [9.17, 15) is 9.59 Å². The molecule has 28 heavy (non-hydrogen) atoms. The van der Waals surface area contributed by atoms with Crippen molar-refractivity contribution >= 4 is 46.5 Å². The summed E-state index contributed by atoms with van der Waals surface area (Å²) in [5.41, 5.74) is 2.04. The number of hydrogen-bond acceptors (Lipinski definition) is 3. The number of unbranched alkanes of at least 4 members (excludes halogenated alkanes) is 1. The zero-order valence-corrected chi connectivity index (χ0v) is 17.1. The number of nitrogens with one attached hydrogen (secondary N) is 2. The summed E-state index contributed by atoms with van der Waals surface area (Å²) >= 11 is 12.0. The van der Waals surface area contributed by atoms with E-state index in [2.05, 4.69) is 15.6 Å². The van der Waals surface area contributed by atoms with Crippen molar-refractivity contribution in [1.82, 2.24) is 14.7 Å². The molecule has 146 valence electrons. The van der Waals surface area contributed by atoms with E-state index < -0.39 is 5.91 Å². The summed E-state index contributed by atoms with van der Waals surface area (Å²) in [5.74, 6) is -0.593. The van der Waals surface area contributed by atoms with E-state index in [1.807, 2.05) is 26.1 Å². The SMILES string of the molecule is CCCCNC(=O)c1c(NC(=O)c2ccc(Cl)cc2Cl)nc2ccc(C)cn12. The lowest BCUT2D eigenvalue weighted by Crippen LogP contribution is -2.27. The Kier molecular flexibility index (Phi) is 6.21. The fourth-order valence-corrected chi connectivity index (χ4v) is 3.26. The first kappa shape index (κ1) is 20.2. The maximum atomic E-state index is 12.8. The second-order valence-electron chi connectivity index (χ2n) is 6.43. The molecule has 3 aromatic rings. The van der Waals surface area contributed by atoms with Gasteiger partial charge in [-0.25, -0.2) is 4.98 Å². The highest BCUT2D eigenvalue weighted by atomic mass is 35.5. The number of anilines is 1. The molecular weight excluding hydrogens is 399 g/mol. The molecule has 6 nitrogen and oxygen atoms in total. The van der Waals surface area contributed by atoms with Gasteiger partial charge < -0.3 is 10.6 Å². The Morgan fingerprint density at radius 3 is 2.64 bits per heavy atom. The van der Waals surface area contributed by atoms with Crippen molar-refractivity contribution in [2.24, 2.45) is 0 Å². The first-order chi connectivity index (χ1) is 13.4. The van der Waals surface area contributed by atoms with E-state index in [0.717, 1.165) is 18.4 Å². The number of carbonyl (C=O) groups excluding carboxylic acids is 2. The topological polar surface area (TPSA) is 75.5 Å². The zero-order chi connectivity index (χ0) is 20.3. The second-order valence-corrected chi connectivity index (χ2v) is 7.28. The highest BCUT2D eigenvalue weighted by Crippen LogP contribution is 2.24. The molecule has 2 N–H and O–H groups in total. The van der Waals surface area contributed by atoms with Crippen LogP contribution in [0.25, 0.3) is 5.65 Å². The van der Waals surface area contributed by atoms with Gasteiger partial charge in [0, 0.05) is 17.8 Å². The van der Waals surface area contributed by atoms with Crippen molar-refractivity contribution in [3.8, 4) is 0 Å². The molecule has 0 atom stereocenters. The molecule has 2 amide bonds. The Hall–Kier alpha value is -2.57. The minimum absolute atomic E-state index is 0.176. The Balaban J connectivity index is 1.98. The van der Waals surface area contributed by atoms with Crippen molar-refractivity contribution in [2.75, 3.05) is 11.9 Å². The first-order valence-corrected chi connectivity index (χ1v) is 9.69. The molecule has 3 rings (SSSR count). The van der Waals surface area contributed by atoms with Gasteiger partial charge >= 0.3 is 0 Å². The van der Waals surface area contributed by atoms with Gasteiger partial charge in [0.15, 0.2) is 11.5 Å². The van der Waals surface area contributed by atoms with Crippen LogP contribution in [0.5, 0.6) is 0 Å². The van der Waals surface area contributed by atoms with Crippen LogP contribution in [0.3, 0.4) is 0 Å². The third-order valence-corrected chi connectivity index (χ3v) is 4.75. The van der Waals surface area contributed by atoms with Crippen molar-refractivity contribution in [1.29, 1.82) is 0 Å². The molecule has 0 spiro atoms. The lowest BCUT2D eigenvalue weighted by atomic mass is 10.2. The Labute approximate surface area is 172 Å². The number of aromatic nitrogens is 2. The zero-order valence-electron chi connectivity index (χ0n) is 15.6. The van der Waals surface area contributed by atoms with Gasteiger partial charge in [0.25, 0.3) is 11.8 Å². The quantitative estimate of drug-likeness (QED) is 0.567. The molecule has 2 heterocycles. The fourth-order valence-electron chi connectivity index (χ4n) is 2.77. The molecule has 0 bridgehead atoms. The summed E-state index contributed by atoms with van der Waals surface area (Å²) in [6, 6.07) is 8.28. The number of imidazole rings is 1. The second kappa shape index (κ2) is 8.63. The van der Waals surface area contributed by atoms with Crippen LogP contribution in [0.1, 0.15) is 46.2 Å². The summed E-state index contributed by atoms with van der Waals surface area (Å²) < 4.78 is 1.68. The van der Waals surface area contributed by atoms with Gasteiger partial charge in [-0.3, -0.25) is 14.0 Å². The molecule has 0 saturated heterocycles. The minimum atomic E-state index is -0.468. The molecule has 0 fully saturated rings. The van der Waals surface area contributed by atoms with E-state index in [1.165, 1.54) is 12.1 Å². The number of benzene rings is 1. The Morgan fingerprint density at radius 2 is 1.93 bits per heavy atom. The predicted octanol–water partition coefficient (Wildman–Crippen LogP) is 4.73. The summed E-state index contributed by atoms with van der Waals surface area (Å²) in [6.07, 6.45) is 3.64. The van der Waals surface area contributed by atoms with Gasteiger partial charge in [-0.1, -0.05) is 42.6 Å². The summed E-state index contributed by atoms with van der Waals surface area (Å²) in [4.78, 5) is 29.9. The summed E-state index contributed by atoms with van der Waals surface area (Å²) in [5, 5.41) is 6.24. The average Bonchev–Trinajstić information content (AvgIpc) is 2.98. The predicted molar refractivity (Wildman–Crippen MR) is 112 cm³/mol. The fraction of sp³-hybridized carbons (Fsp3) is 0.250. The smallest absolute Gasteiger partial charge is 0.272 e. The van der Waals surface area contributed by atoms with E-state index in [0.29, 0.717) is 17.2 Å². The lowest BCUT2D eigenvalue weighted by Gasteiger charge is -2.09. The van der Waals surface area contributed by atoms with Crippen molar-refractivity contribution in [3.05, 3.63) is 63.4 Å². The van der Waals surface area contributed by atoms with Gasteiger partial charge in [-0.05, 0) is 43.2 Å². The number of fused-ring (bicyclic) bond motifs is 1. The third-order valence-electron chi connectivity index (χ3n) is 4.21. The number of amides is 2. The summed E-state index contributed by atoms with van der Waals surface area (Å²) in [7, 11) is 0. The number of halogens is 2. The first-order valence-electron chi connectivity index (χ1n) is 8.94. The maximum absolute atomic E-state index is 12.8. The van der Waals surface area contributed by atoms with Crippen LogP contribution in [0.4, 0.5) is 5.82 Å². The lowest BCUT2D eigenvalue weighted by molar-refractivity contribution is 0.0948. The van der Waals surface area contributed by atoms with Crippen LogP contribution in [0.2, 0.25) is 10.0 Å². The molecule has 0 saturated carbocycles. The summed E-state index contributed by atoms with van der Waals surface area (Å²) in [6.45, 7) is 4.51. The molecule has 8 heteroatoms. The van der Waals surface area contributed by atoms with Crippen molar-refractivity contribution < 1.29 is 9.59 Å². The molecule has 1 aromatic carbocycles. The number of rotatable bonds is 6. The van der Waals surface area contributed by atoms with Gasteiger partial charge in [0.1, 0.15) is 5.65 Å². The average molecular weight is 419 g/mol. The van der Waals surface area contributed by atoms with Crippen molar-refractivity contribution in [2.45, 2.75) is 26.7 Å². The van der Waals surface area contributed by atoms with E-state index in [1.54, 1.807) is 16.5 Å². The molecule has 2 aromatic heterocycles. The molecule has 0 radical (unpaired) electrons. The van der Waals surface area contributed by atoms with Gasteiger partial charge in [0.2, 0.25) is 0 Å². The van der Waals surface area contributed by atoms with Gasteiger partial charge in [-0.15, -0.1) is 0 Å². The molecule has 0 aliphatic carbocycles. The molecule has 0 aliphatic rings. The van der Waals surface area contributed by atoms with E-state index >= 15 is 0 Å². The van der Waals surface area contributed by atoms with Crippen LogP contribution in [-0.4, -0.2) is 27.7 Å². The standard InChI is InChI=1S/C20H20Cl2N4O2/c1-3-4-9-23-20(28)17-18(24-16-8-5-12(2)11-26(16)17)25-19(27)14-7-6-13(21)10-15(14)22/h5-8,10-11H,3-4,9H2,1-2H3,(H,23,28)(H,25,27). The van der Waals surface area contributed by atoms with Crippen molar-refractivity contribution in [3.63, 3.8) is 0 Å². The number of carbonyl (C=O) groups is 2. The van der Waals surface area contributed by atoms with E-state index in [-0.39, 0.29) is 28.0 Å². The van der Waals surface area contributed by atoms with Crippen LogP contribution >= 0.6 is 23.2 Å². The van der Waals surface area contributed by atoms with Crippen LogP contribution in [0.15, 0.2) is 36.5 Å². The van der Waals surface area contributed by atoms with Gasteiger partial charge in [0.05, 0.1) is 10.6 Å². The molecule has 0 aliphatic heterocycles. The Morgan fingerprint density at radius 1 is 1.14 bits per heavy atom.